The van der Waals surface area contributed by atoms with Crippen molar-refractivity contribution in [3.63, 3.8) is 0 Å². The van der Waals surface area contributed by atoms with Gasteiger partial charge in [0.15, 0.2) is 0 Å². The van der Waals surface area contributed by atoms with Crippen LogP contribution in [0.4, 0.5) is 0 Å². The first kappa shape index (κ1) is 38.7. The van der Waals surface area contributed by atoms with E-state index in [9.17, 15) is 0 Å². The summed E-state index contributed by atoms with van der Waals surface area (Å²) < 4.78 is 2.50. The van der Waals surface area contributed by atoms with E-state index in [1.54, 1.807) is 0 Å². The average molecular weight is 878 g/mol. The van der Waals surface area contributed by atoms with Crippen molar-refractivity contribution >= 4 is 74.0 Å². The largest absolute Gasteiger partial charge is 0.309 e. The Hall–Kier alpha value is -8.56. The Morgan fingerprint density at radius 2 is 0.618 bits per heavy atom. The summed E-state index contributed by atoms with van der Waals surface area (Å²) in [6, 6.07) is 92.7. The van der Waals surface area contributed by atoms with Crippen molar-refractivity contribution in [3.8, 4) is 72.4 Å². The molecule has 1 aliphatic rings. The zero-order valence-electron chi connectivity index (χ0n) is 37.3. The van der Waals surface area contributed by atoms with Gasteiger partial charge in [-0.1, -0.05) is 223 Å². The second kappa shape index (κ2) is 15.5. The van der Waals surface area contributed by atoms with E-state index >= 15 is 0 Å². The minimum atomic E-state index is -0.717. The maximum absolute atomic E-state index is 2.50. The molecule has 12 aromatic carbocycles. The van der Waals surface area contributed by atoms with Crippen molar-refractivity contribution < 1.29 is 0 Å². The number of aromatic nitrogens is 1. The average Bonchev–Trinajstić information content (AvgIpc) is 3.94. The predicted molar refractivity (Wildman–Crippen MR) is 294 cm³/mol. The Bertz CT molecular complexity index is 3960. The first-order valence-electron chi connectivity index (χ1n) is 23.7. The summed E-state index contributed by atoms with van der Waals surface area (Å²) in [6.45, 7) is 0. The standard InChI is InChI=1S/C66H43NSi/c1-4-16-53-44(10-1)13-7-19-56(53)47-26-22-42(23-27-47)49-31-36-63-61(38-49)62-39-50(43-24-28-48(29-25-43)57-20-8-14-45-11-2-5-17-54(45)57)32-37-64(62)67(63)52-33-35-60-59-34-30-51(40-65(59)68-66(60)41-52)58-21-9-15-46-12-3-6-18-55(46)58/h1-41H,68H2. The number of fused-ring (bicyclic) bond motifs is 9. The minimum Gasteiger partial charge on any atom is -0.309 e. The minimum absolute atomic E-state index is 0.717. The van der Waals surface area contributed by atoms with Crippen molar-refractivity contribution in [2.75, 3.05) is 0 Å². The third-order valence-corrected chi connectivity index (χ3v) is 16.6. The summed E-state index contributed by atoms with van der Waals surface area (Å²) in [5, 5.41) is 13.2. The molecule has 0 spiro atoms. The Morgan fingerprint density at radius 1 is 0.235 bits per heavy atom. The van der Waals surface area contributed by atoms with E-state index in [4.69, 9.17) is 0 Å². The van der Waals surface area contributed by atoms with Gasteiger partial charge in [0.2, 0.25) is 0 Å². The third kappa shape index (κ3) is 6.30. The van der Waals surface area contributed by atoms with Crippen LogP contribution in [-0.4, -0.2) is 14.1 Å². The summed E-state index contributed by atoms with van der Waals surface area (Å²) in [5.74, 6) is 0. The fourth-order valence-electron chi connectivity index (χ4n) is 11.3. The highest BCUT2D eigenvalue weighted by atomic mass is 28.2. The number of benzene rings is 12. The number of hydrogen-bond acceptors (Lipinski definition) is 0. The maximum atomic E-state index is 2.50. The van der Waals surface area contributed by atoms with Gasteiger partial charge in [0.25, 0.3) is 0 Å². The molecule has 316 valence electrons. The second-order valence-corrected chi connectivity index (χ2v) is 20.3. The molecule has 68 heavy (non-hydrogen) atoms. The fourth-order valence-corrected chi connectivity index (χ4v) is 13.3. The molecule has 0 radical (unpaired) electrons. The molecule has 0 atom stereocenters. The van der Waals surface area contributed by atoms with Crippen LogP contribution in [0.2, 0.25) is 0 Å². The molecule has 1 aromatic heterocycles. The molecule has 0 unspecified atom stereocenters. The smallest absolute Gasteiger partial charge is 0.0892 e. The summed E-state index contributed by atoms with van der Waals surface area (Å²) in [7, 11) is -0.717. The Labute approximate surface area is 397 Å². The molecule has 1 nitrogen and oxygen atoms in total. The molecular weight excluding hydrogens is 835 g/mol. The van der Waals surface area contributed by atoms with Crippen molar-refractivity contribution in [1.82, 2.24) is 4.57 Å². The van der Waals surface area contributed by atoms with Crippen LogP contribution in [0.5, 0.6) is 0 Å². The topological polar surface area (TPSA) is 4.93 Å². The molecule has 1 aliphatic heterocycles. The van der Waals surface area contributed by atoms with Crippen molar-refractivity contribution in [3.05, 3.63) is 249 Å². The molecule has 0 amide bonds. The lowest BCUT2D eigenvalue weighted by atomic mass is 9.95. The number of hydrogen-bond donors (Lipinski definition) is 0. The molecule has 0 saturated carbocycles. The van der Waals surface area contributed by atoms with Gasteiger partial charge in [0.05, 0.1) is 20.6 Å². The zero-order chi connectivity index (χ0) is 44.7. The van der Waals surface area contributed by atoms with Crippen LogP contribution < -0.4 is 10.4 Å². The maximum Gasteiger partial charge on any atom is 0.0892 e. The molecule has 13 aromatic rings. The lowest BCUT2D eigenvalue weighted by Gasteiger charge is -2.12. The molecule has 0 bridgehead atoms. The first-order chi connectivity index (χ1) is 33.7. The van der Waals surface area contributed by atoms with Crippen molar-refractivity contribution in [2.45, 2.75) is 0 Å². The molecule has 0 N–H and O–H groups in total. The molecule has 14 rings (SSSR count). The number of rotatable bonds is 6. The van der Waals surface area contributed by atoms with E-state index in [-0.39, 0.29) is 0 Å². The highest BCUT2D eigenvalue weighted by Gasteiger charge is 2.22. The van der Waals surface area contributed by atoms with Crippen LogP contribution in [-0.2, 0) is 0 Å². The van der Waals surface area contributed by atoms with E-state index < -0.39 is 9.52 Å². The van der Waals surface area contributed by atoms with E-state index in [0.717, 1.165) is 0 Å². The van der Waals surface area contributed by atoms with Gasteiger partial charge in [-0.2, -0.15) is 0 Å². The molecule has 2 heteroatoms. The zero-order valence-corrected chi connectivity index (χ0v) is 38.7. The highest BCUT2D eigenvalue weighted by Crippen LogP contribution is 2.40. The Kier molecular flexibility index (Phi) is 8.83. The van der Waals surface area contributed by atoms with E-state index in [0.29, 0.717) is 0 Å². The van der Waals surface area contributed by atoms with Crippen molar-refractivity contribution in [2.24, 2.45) is 0 Å². The van der Waals surface area contributed by atoms with Gasteiger partial charge in [-0.05, 0) is 135 Å². The number of nitrogens with zero attached hydrogens (tertiary/aromatic N) is 1. The van der Waals surface area contributed by atoms with Gasteiger partial charge in [-0.3, -0.25) is 0 Å². The predicted octanol–water partition coefficient (Wildman–Crippen LogP) is 15.7. The molecule has 2 heterocycles. The van der Waals surface area contributed by atoms with Crippen LogP contribution in [0, 0.1) is 0 Å². The van der Waals surface area contributed by atoms with Crippen LogP contribution in [0.25, 0.3) is 127 Å². The first-order valence-corrected chi connectivity index (χ1v) is 25.1. The summed E-state index contributed by atoms with van der Waals surface area (Å²) in [5.41, 5.74) is 18.9. The van der Waals surface area contributed by atoms with Gasteiger partial charge in [0.1, 0.15) is 0 Å². The van der Waals surface area contributed by atoms with E-state index in [1.807, 2.05) is 0 Å². The second-order valence-electron chi connectivity index (χ2n) is 18.4. The Balaban J connectivity index is 0.871. The van der Waals surface area contributed by atoms with E-state index in [2.05, 4.69) is 253 Å². The van der Waals surface area contributed by atoms with Crippen LogP contribution in [0.1, 0.15) is 0 Å². The lowest BCUT2D eigenvalue weighted by molar-refractivity contribution is 1.18. The Morgan fingerprint density at radius 3 is 1.12 bits per heavy atom. The van der Waals surface area contributed by atoms with Gasteiger partial charge in [-0.25, -0.2) is 0 Å². The van der Waals surface area contributed by atoms with Crippen LogP contribution in [0.3, 0.4) is 0 Å². The normalized spacial score (nSPS) is 12.4. The van der Waals surface area contributed by atoms with Crippen LogP contribution in [0.15, 0.2) is 249 Å². The van der Waals surface area contributed by atoms with Gasteiger partial charge in [-0.15, -0.1) is 0 Å². The molecule has 0 saturated heterocycles. The SMILES string of the molecule is c1ccc2c(-c3ccc(-c4ccc5c(c4)c4cc(-c6ccc(-c7cccc8ccccc78)cc6)ccc4n5-c4ccc5c(c4)[SiH2]c4cc(-c6cccc7ccccc67)ccc4-5)cc3)cccc2c1. The summed E-state index contributed by atoms with van der Waals surface area (Å²) in [4.78, 5) is 0. The van der Waals surface area contributed by atoms with Crippen LogP contribution >= 0.6 is 0 Å². The van der Waals surface area contributed by atoms with E-state index in [1.165, 1.54) is 137 Å². The van der Waals surface area contributed by atoms with Gasteiger partial charge >= 0.3 is 0 Å². The van der Waals surface area contributed by atoms with Gasteiger partial charge < -0.3 is 4.57 Å². The monoisotopic (exact) mass is 877 g/mol. The third-order valence-electron chi connectivity index (χ3n) is 14.6. The van der Waals surface area contributed by atoms with Gasteiger partial charge in [0, 0.05) is 16.5 Å². The molecule has 0 aliphatic carbocycles. The quantitative estimate of drug-likeness (QED) is 0.147. The van der Waals surface area contributed by atoms with Crippen molar-refractivity contribution in [1.29, 1.82) is 0 Å². The fraction of sp³-hybridized carbons (Fsp3) is 0. The summed E-state index contributed by atoms with van der Waals surface area (Å²) >= 11 is 0. The summed E-state index contributed by atoms with van der Waals surface area (Å²) in [6.07, 6.45) is 0. The highest BCUT2D eigenvalue weighted by molar-refractivity contribution is 6.73. The molecule has 0 fully saturated rings. The molecular formula is C66H43NSi. The lowest BCUT2D eigenvalue weighted by Crippen LogP contribution is -2.21.